The van der Waals surface area contributed by atoms with Crippen LogP contribution in [-0.4, -0.2) is 56.7 Å². The van der Waals surface area contributed by atoms with Gasteiger partial charge >= 0.3 is 0 Å². The van der Waals surface area contributed by atoms with Crippen molar-refractivity contribution in [3.8, 4) is 0 Å². The Morgan fingerprint density at radius 3 is 2.71 bits per heavy atom. The Bertz CT molecular complexity index is 489. The standard InChI is InChI=1S/C17H27N3O2.2ClH/c1-14(11-19-17(21)12-18-8-10-22-2)20-9-7-15-5-3-4-6-16(15)13-20;;/h3-6,14,18H,7-13H2,1-2H3,(H,19,21);2*1H. The molecular weight excluding hydrogens is 349 g/mol. The lowest BCUT2D eigenvalue weighted by Gasteiger charge is -2.33. The second-order valence-corrected chi connectivity index (χ2v) is 5.81. The first kappa shape index (κ1) is 23.1. The summed E-state index contributed by atoms with van der Waals surface area (Å²) >= 11 is 0. The number of nitrogens with zero attached hydrogens (tertiary/aromatic N) is 1. The van der Waals surface area contributed by atoms with Crippen LogP contribution in [0.15, 0.2) is 24.3 Å². The van der Waals surface area contributed by atoms with E-state index >= 15 is 0 Å². The Morgan fingerprint density at radius 1 is 1.29 bits per heavy atom. The van der Waals surface area contributed by atoms with Crippen LogP contribution in [0.2, 0.25) is 0 Å². The molecule has 0 aliphatic carbocycles. The molecule has 1 unspecified atom stereocenters. The van der Waals surface area contributed by atoms with E-state index < -0.39 is 0 Å². The van der Waals surface area contributed by atoms with E-state index in [-0.39, 0.29) is 30.7 Å². The van der Waals surface area contributed by atoms with Gasteiger partial charge in [0.1, 0.15) is 0 Å². The van der Waals surface area contributed by atoms with Crippen molar-refractivity contribution in [2.24, 2.45) is 0 Å². The third kappa shape index (κ3) is 7.36. The molecule has 1 aromatic carbocycles. The zero-order valence-electron chi connectivity index (χ0n) is 14.4. The van der Waals surface area contributed by atoms with Gasteiger partial charge in [0.05, 0.1) is 13.2 Å². The summed E-state index contributed by atoms with van der Waals surface area (Å²) in [6.45, 7) is 6.55. The lowest BCUT2D eigenvalue weighted by Crippen LogP contribution is -2.46. The lowest BCUT2D eigenvalue weighted by atomic mass is 9.99. The van der Waals surface area contributed by atoms with Crippen molar-refractivity contribution in [1.82, 2.24) is 15.5 Å². The Morgan fingerprint density at radius 2 is 2.00 bits per heavy atom. The zero-order valence-corrected chi connectivity index (χ0v) is 16.0. The van der Waals surface area contributed by atoms with Gasteiger partial charge in [-0.25, -0.2) is 0 Å². The van der Waals surface area contributed by atoms with Gasteiger partial charge in [0.15, 0.2) is 0 Å². The number of amides is 1. The van der Waals surface area contributed by atoms with Crippen molar-refractivity contribution in [1.29, 1.82) is 0 Å². The van der Waals surface area contributed by atoms with Gasteiger partial charge in [0, 0.05) is 39.3 Å². The van der Waals surface area contributed by atoms with Crippen molar-refractivity contribution < 1.29 is 9.53 Å². The molecule has 0 aromatic heterocycles. The van der Waals surface area contributed by atoms with Crippen LogP contribution in [0.4, 0.5) is 0 Å². The highest BCUT2D eigenvalue weighted by molar-refractivity contribution is 5.85. The van der Waals surface area contributed by atoms with Gasteiger partial charge in [-0.3, -0.25) is 9.69 Å². The number of fused-ring (bicyclic) bond motifs is 1. The molecule has 1 aliphatic heterocycles. The van der Waals surface area contributed by atoms with E-state index in [0.29, 0.717) is 32.3 Å². The van der Waals surface area contributed by atoms with Crippen LogP contribution in [0.3, 0.4) is 0 Å². The average Bonchev–Trinajstić information content (AvgIpc) is 2.56. The van der Waals surface area contributed by atoms with E-state index in [0.717, 1.165) is 19.5 Å². The number of methoxy groups -OCH3 is 1. The van der Waals surface area contributed by atoms with E-state index in [4.69, 9.17) is 4.74 Å². The summed E-state index contributed by atoms with van der Waals surface area (Å²) < 4.78 is 4.93. The number of rotatable bonds is 8. The van der Waals surface area contributed by atoms with Crippen LogP contribution < -0.4 is 10.6 Å². The molecule has 5 nitrogen and oxygen atoms in total. The Hall–Kier alpha value is -0.850. The van der Waals surface area contributed by atoms with E-state index in [1.54, 1.807) is 7.11 Å². The fraction of sp³-hybridized carbons (Fsp3) is 0.588. The first-order valence-corrected chi connectivity index (χ1v) is 7.98. The Labute approximate surface area is 157 Å². The molecule has 0 saturated heterocycles. The second-order valence-electron chi connectivity index (χ2n) is 5.81. The number of nitrogens with one attached hydrogen (secondary N) is 2. The topological polar surface area (TPSA) is 53.6 Å². The largest absolute Gasteiger partial charge is 0.383 e. The Balaban J connectivity index is 0.00000264. The van der Waals surface area contributed by atoms with E-state index in [1.165, 1.54) is 11.1 Å². The molecule has 138 valence electrons. The predicted molar refractivity (Wildman–Crippen MR) is 102 cm³/mol. The van der Waals surface area contributed by atoms with Crippen LogP contribution in [0.25, 0.3) is 0 Å². The molecule has 0 radical (unpaired) electrons. The van der Waals surface area contributed by atoms with Gasteiger partial charge in [-0.2, -0.15) is 0 Å². The highest BCUT2D eigenvalue weighted by Crippen LogP contribution is 2.19. The molecular formula is C17H29Cl2N3O2. The Kier molecular flexibility index (Phi) is 12.1. The van der Waals surface area contributed by atoms with Gasteiger partial charge in [-0.15, -0.1) is 24.8 Å². The molecule has 0 bridgehead atoms. The minimum atomic E-state index is 0. The molecule has 1 aliphatic rings. The first-order valence-electron chi connectivity index (χ1n) is 7.98. The summed E-state index contributed by atoms with van der Waals surface area (Å²) in [4.78, 5) is 14.2. The predicted octanol–water partition coefficient (Wildman–Crippen LogP) is 1.63. The van der Waals surface area contributed by atoms with E-state index in [2.05, 4.69) is 46.7 Å². The van der Waals surface area contributed by atoms with E-state index in [1.807, 2.05) is 0 Å². The number of hydrogen-bond acceptors (Lipinski definition) is 4. The summed E-state index contributed by atoms with van der Waals surface area (Å²) in [6.07, 6.45) is 1.09. The normalized spacial score (nSPS) is 14.8. The van der Waals surface area contributed by atoms with Gasteiger partial charge < -0.3 is 15.4 Å². The fourth-order valence-corrected chi connectivity index (χ4v) is 2.72. The lowest BCUT2D eigenvalue weighted by molar-refractivity contribution is -0.120. The monoisotopic (exact) mass is 377 g/mol. The summed E-state index contributed by atoms with van der Waals surface area (Å²) in [6, 6.07) is 8.96. The molecule has 7 heteroatoms. The number of hydrogen-bond donors (Lipinski definition) is 2. The van der Waals surface area contributed by atoms with Crippen LogP contribution in [0.5, 0.6) is 0 Å². The van der Waals surface area contributed by atoms with Gasteiger partial charge in [0.2, 0.25) is 5.91 Å². The summed E-state index contributed by atoms with van der Waals surface area (Å²) in [5.41, 5.74) is 2.87. The van der Waals surface area contributed by atoms with Crippen molar-refractivity contribution in [2.45, 2.75) is 25.9 Å². The minimum absolute atomic E-state index is 0. The molecule has 1 aromatic rings. The minimum Gasteiger partial charge on any atom is -0.383 e. The maximum atomic E-state index is 11.8. The molecule has 2 rings (SSSR count). The molecule has 1 heterocycles. The van der Waals surface area contributed by atoms with Gasteiger partial charge in [-0.1, -0.05) is 24.3 Å². The number of halogens is 2. The molecule has 24 heavy (non-hydrogen) atoms. The molecule has 1 atom stereocenters. The maximum absolute atomic E-state index is 11.8. The quantitative estimate of drug-likeness (QED) is 0.676. The zero-order chi connectivity index (χ0) is 15.8. The van der Waals surface area contributed by atoms with Crippen molar-refractivity contribution in [3.63, 3.8) is 0 Å². The summed E-state index contributed by atoms with van der Waals surface area (Å²) in [5.74, 6) is 0.0420. The third-order valence-corrected chi connectivity index (χ3v) is 4.15. The molecule has 0 spiro atoms. The fourth-order valence-electron chi connectivity index (χ4n) is 2.72. The van der Waals surface area contributed by atoms with Gasteiger partial charge in [-0.05, 0) is 24.5 Å². The highest BCUT2D eigenvalue weighted by Gasteiger charge is 2.20. The van der Waals surface area contributed by atoms with Crippen LogP contribution in [-0.2, 0) is 22.5 Å². The number of benzene rings is 1. The third-order valence-electron chi connectivity index (χ3n) is 4.15. The van der Waals surface area contributed by atoms with Crippen LogP contribution in [0, 0.1) is 0 Å². The second kappa shape index (κ2) is 12.5. The smallest absolute Gasteiger partial charge is 0.234 e. The molecule has 1 amide bonds. The molecule has 0 saturated carbocycles. The van der Waals surface area contributed by atoms with Crippen LogP contribution in [0.1, 0.15) is 18.1 Å². The first-order chi connectivity index (χ1) is 10.7. The molecule has 0 fully saturated rings. The van der Waals surface area contributed by atoms with Crippen molar-refractivity contribution in [2.75, 3.05) is 39.9 Å². The number of ether oxygens (including phenoxy) is 1. The summed E-state index contributed by atoms with van der Waals surface area (Å²) in [7, 11) is 1.65. The highest BCUT2D eigenvalue weighted by atomic mass is 35.5. The van der Waals surface area contributed by atoms with Crippen molar-refractivity contribution in [3.05, 3.63) is 35.4 Å². The van der Waals surface area contributed by atoms with Crippen molar-refractivity contribution >= 4 is 30.7 Å². The van der Waals surface area contributed by atoms with E-state index in [9.17, 15) is 4.79 Å². The number of carbonyl (C=O) groups is 1. The maximum Gasteiger partial charge on any atom is 0.234 e. The summed E-state index contributed by atoms with van der Waals surface area (Å²) in [5, 5.41) is 6.05. The SMILES string of the molecule is COCCNCC(=O)NCC(C)N1CCc2ccccc2C1.Cl.Cl. The van der Waals surface area contributed by atoms with Crippen LogP contribution >= 0.6 is 24.8 Å². The molecule has 2 N–H and O–H groups in total. The van der Waals surface area contributed by atoms with Gasteiger partial charge in [0.25, 0.3) is 0 Å². The average molecular weight is 378 g/mol. The number of carbonyl (C=O) groups excluding carboxylic acids is 1.